The molecule has 0 atom stereocenters. The highest BCUT2D eigenvalue weighted by Gasteiger charge is 2.38. The van der Waals surface area contributed by atoms with E-state index >= 15 is 0 Å². The van der Waals surface area contributed by atoms with Crippen molar-refractivity contribution in [2.45, 2.75) is 64.3 Å². The fraction of sp³-hybridized carbons (Fsp3) is 0.929. The van der Waals surface area contributed by atoms with Crippen LogP contribution < -0.4 is 11.1 Å². The van der Waals surface area contributed by atoms with Gasteiger partial charge in [0, 0.05) is 13.2 Å². The van der Waals surface area contributed by atoms with Gasteiger partial charge in [-0.3, -0.25) is 4.79 Å². The van der Waals surface area contributed by atoms with Crippen molar-refractivity contribution in [3.8, 4) is 0 Å². The van der Waals surface area contributed by atoms with E-state index in [9.17, 15) is 4.79 Å². The summed E-state index contributed by atoms with van der Waals surface area (Å²) in [5, 5.41) is 12.2. The highest BCUT2D eigenvalue weighted by Crippen LogP contribution is 2.31. The molecule has 1 fully saturated rings. The highest BCUT2D eigenvalue weighted by atomic mass is 16.3. The maximum atomic E-state index is 12.2. The Kier molecular flexibility index (Phi) is 5.60. The van der Waals surface area contributed by atoms with Crippen molar-refractivity contribution in [3.63, 3.8) is 0 Å². The Morgan fingerprint density at radius 1 is 1.33 bits per heavy atom. The van der Waals surface area contributed by atoms with Gasteiger partial charge in [0.1, 0.15) is 0 Å². The van der Waals surface area contributed by atoms with Crippen LogP contribution >= 0.6 is 0 Å². The lowest BCUT2D eigenvalue weighted by Crippen LogP contribution is -2.54. The fourth-order valence-corrected chi connectivity index (χ4v) is 2.86. The average Bonchev–Trinajstić information content (AvgIpc) is 2.82. The van der Waals surface area contributed by atoms with Crippen LogP contribution in [0.5, 0.6) is 0 Å². The quantitative estimate of drug-likeness (QED) is 0.647. The van der Waals surface area contributed by atoms with E-state index in [4.69, 9.17) is 10.8 Å². The normalized spacial score (nSPS) is 18.9. The van der Waals surface area contributed by atoms with E-state index in [2.05, 4.69) is 19.2 Å². The molecule has 0 aromatic heterocycles. The number of carbonyl (C=O) groups excluding carboxylic acids is 1. The van der Waals surface area contributed by atoms with Crippen molar-refractivity contribution in [3.05, 3.63) is 0 Å². The van der Waals surface area contributed by atoms with Crippen LogP contribution in [-0.2, 0) is 4.79 Å². The Balaban J connectivity index is 2.54. The summed E-state index contributed by atoms with van der Waals surface area (Å²) < 4.78 is 0. The van der Waals surface area contributed by atoms with Gasteiger partial charge >= 0.3 is 0 Å². The van der Waals surface area contributed by atoms with Crippen LogP contribution in [0, 0.1) is 5.41 Å². The molecule has 0 unspecified atom stereocenters. The summed E-state index contributed by atoms with van der Waals surface area (Å²) in [5.74, 6) is -0.00999. The van der Waals surface area contributed by atoms with Gasteiger partial charge in [-0.2, -0.15) is 0 Å². The summed E-state index contributed by atoms with van der Waals surface area (Å²) in [6, 6.07) is 0. The number of aliphatic hydroxyl groups excluding tert-OH is 1. The molecule has 0 radical (unpaired) electrons. The molecule has 0 aromatic carbocycles. The van der Waals surface area contributed by atoms with Gasteiger partial charge in [0.15, 0.2) is 0 Å². The Hall–Kier alpha value is -0.610. The van der Waals surface area contributed by atoms with Crippen LogP contribution in [0.3, 0.4) is 0 Å². The molecular formula is C14H28N2O2. The highest BCUT2D eigenvalue weighted by molar-refractivity contribution is 5.86. The molecule has 1 aliphatic carbocycles. The van der Waals surface area contributed by atoms with Crippen LogP contribution in [0.25, 0.3) is 0 Å². The average molecular weight is 256 g/mol. The van der Waals surface area contributed by atoms with Gasteiger partial charge in [-0.25, -0.2) is 0 Å². The Morgan fingerprint density at radius 3 is 2.33 bits per heavy atom. The summed E-state index contributed by atoms with van der Waals surface area (Å²) in [6.45, 7) is 5.02. The summed E-state index contributed by atoms with van der Waals surface area (Å²) in [6.07, 6.45) is 6.34. The van der Waals surface area contributed by atoms with E-state index in [1.165, 1.54) is 0 Å². The molecule has 4 N–H and O–H groups in total. The van der Waals surface area contributed by atoms with E-state index in [-0.39, 0.29) is 17.9 Å². The Bertz CT molecular complexity index is 269. The largest absolute Gasteiger partial charge is 0.396 e. The first kappa shape index (κ1) is 15.4. The third kappa shape index (κ3) is 3.45. The van der Waals surface area contributed by atoms with Gasteiger partial charge in [-0.1, -0.05) is 26.7 Å². The number of nitrogens with one attached hydrogen (secondary N) is 1. The van der Waals surface area contributed by atoms with Crippen molar-refractivity contribution < 1.29 is 9.90 Å². The monoisotopic (exact) mass is 256 g/mol. The SMILES string of the molecule is CCC(CC)(CCO)CNC(=O)C1(N)CCCC1. The summed E-state index contributed by atoms with van der Waals surface area (Å²) >= 11 is 0. The molecular weight excluding hydrogens is 228 g/mol. The fourth-order valence-electron chi connectivity index (χ4n) is 2.86. The van der Waals surface area contributed by atoms with Gasteiger partial charge < -0.3 is 16.2 Å². The lowest BCUT2D eigenvalue weighted by atomic mass is 9.79. The molecule has 1 aliphatic rings. The van der Waals surface area contributed by atoms with Gasteiger partial charge in [0.25, 0.3) is 0 Å². The van der Waals surface area contributed by atoms with Gasteiger partial charge in [0.05, 0.1) is 5.54 Å². The number of hydrogen-bond acceptors (Lipinski definition) is 3. The lowest BCUT2D eigenvalue weighted by Gasteiger charge is -2.33. The number of carbonyl (C=O) groups is 1. The number of nitrogens with two attached hydrogens (primary N) is 1. The van der Waals surface area contributed by atoms with Crippen LogP contribution in [0.4, 0.5) is 0 Å². The van der Waals surface area contributed by atoms with Crippen molar-refractivity contribution in [2.24, 2.45) is 11.1 Å². The van der Waals surface area contributed by atoms with E-state index in [1.54, 1.807) is 0 Å². The minimum Gasteiger partial charge on any atom is -0.396 e. The second kappa shape index (κ2) is 6.53. The van der Waals surface area contributed by atoms with Crippen molar-refractivity contribution in [2.75, 3.05) is 13.2 Å². The Morgan fingerprint density at radius 2 is 1.89 bits per heavy atom. The maximum Gasteiger partial charge on any atom is 0.240 e. The molecule has 4 nitrogen and oxygen atoms in total. The van der Waals surface area contributed by atoms with Gasteiger partial charge in [0.2, 0.25) is 5.91 Å². The molecule has 1 saturated carbocycles. The molecule has 0 aliphatic heterocycles. The standard InChI is InChI=1S/C14H28N2O2/c1-3-13(4-2,9-10-17)11-16-12(18)14(15)7-5-6-8-14/h17H,3-11,15H2,1-2H3,(H,16,18). The molecule has 0 spiro atoms. The smallest absolute Gasteiger partial charge is 0.240 e. The van der Waals surface area contributed by atoms with Crippen LogP contribution in [0.1, 0.15) is 58.8 Å². The van der Waals surface area contributed by atoms with Gasteiger partial charge in [-0.15, -0.1) is 0 Å². The second-order valence-electron chi connectivity index (χ2n) is 5.73. The summed E-state index contributed by atoms with van der Waals surface area (Å²) in [7, 11) is 0. The van der Waals surface area contributed by atoms with Crippen LogP contribution in [-0.4, -0.2) is 29.7 Å². The van der Waals surface area contributed by atoms with E-state index in [0.717, 1.165) is 44.9 Å². The number of hydrogen-bond donors (Lipinski definition) is 3. The molecule has 0 heterocycles. The topological polar surface area (TPSA) is 75.3 Å². The second-order valence-corrected chi connectivity index (χ2v) is 5.73. The molecule has 0 bridgehead atoms. The predicted molar refractivity (Wildman–Crippen MR) is 73.1 cm³/mol. The predicted octanol–water partition coefficient (Wildman–Crippen LogP) is 1.56. The first-order valence-corrected chi connectivity index (χ1v) is 7.20. The first-order valence-electron chi connectivity index (χ1n) is 7.20. The lowest BCUT2D eigenvalue weighted by molar-refractivity contribution is -0.126. The zero-order valence-corrected chi connectivity index (χ0v) is 11.8. The molecule has 4 heteroatoms. The van der Waals surface area contributed by atoms with Crippen LogP contribution in [0.2, 0.25) is 0 Å². The minimum atomic E-state index is -0.646. The number of rotatable bonds is 7. The molecule has 0 aromatic rings. The Labute approximate surface area is 110 Å². The third-order valence-electron chi connectivity index (χ3n) is 4.71. The maximum absolute atomic E-state index is 12.2. The van der Waals surface area contributed by atoms with Crippen molar-refractivity contribution in [1.29, 1.82) is 0 Å². The summed E-state index contributed by atoms with van der Waals surface area (Å²) in [4.78, 5) is 12.2. The first-order chi connectivity index (χ1) is 8.52. The zero-order chi connectivity index (χ0) is 13.6. The van der Waals surface area contributed by atoms with Crippen molar-refractivity contribution >= 4 is 5.91 Å². The number of aliphatic hydroxyl groups is 1. The molecule has 106 valence electrons. The third-order valence-corrected chi connectivity index (χ3v) is 4.71. The molecule has 1 rings (SSSR count). The zero-order valence-electron chi connectivity index (χ0n) is 11.8. The van der Waals surface area contributed by atoms with E-state index in [0.29, 0.717) is 6.54 Å². The molecule has 18 heavy (non-hydrogen) atoms. The van der Waals surface area contributed by atoms with Crippen LogP contribution in [0.15, 0.2) is 0 Å². The summed E-state index contributed by atoms with van der Waals surface area (Å²) in [5.41, 5.74) is 5.49. The van der Waals surface area contributed by atoms with E-state index < -0.39 is 5.54 Å². The van der Waals surface area contributed by atoms with Gasteiger partial charge in [-0.05, 0) is 37.5 Å². The molecule has 1 amide bonds. The van der Waals surface area contributed by atoms with Crippen molar-refractivity contribution in [1.82, 2.24) is 5.32 Å². The number of amides is 1. The van der Waals surface area contributed by atoms with E-state index in [1.807, 2.05) is 0 Å². The minimum absolute atomic E-state index is 0.00999. The molecule has 0 saturated heterocycles.